The van der Waals surface area contributed by atoms with E-state index in [9.17, 15) is 0 Å². The summed E-state index contributed by atoms with van der Waals surface area (Å²) in [5.74, 6) is 0.764. The molecule has 1 aliphatic heterocycles. The highest BCUT2D eigenvalue weighted by molar-refractivity contribution is 4.84. The molecule has 1 saturated heterocycles. The summed E-state index contributed by atoms with van der Waals surface area (Å²) in [5.41, 5.74) is 0. The Bertz CT molecular complexity index is 199. The van der Waals surface area contributed by atoms with Gasteiger partial charge in [-0.05, 0) is 45.2 Å². The molecule has 0 radical (unpaired) electrons. The Morgan fingerprint density at radius 1 is 1.47 bits per heavy atom. The molecule has 0 saturated carbocycles. The van der Waals surface area contributed by atoms with Crippen LogP contribution in [-0.4, -0.2) is 50.3 Å². The Morgan fingerprint density at radius 3 is 2.82 bits per heavy atom. The third-order valence-electron chi connectivity index (χ3n) is 3.96. The number of likely N-dealkylation sites (tertiary alicyclic amines) is 1. The summed E-state index contributed by atoms with van der Waals surface area (Å²) in [4.78, 5) is 2.62. The van der Waals surface area contributed by atoms with E-state index in [1.165, 1.54) is 25.9 Å². The van der Waals surface area contributed by atoms with Gasteiger partial charge in [-0.3, -0.25) is 0 Å². The molecule has 3 heteroatoms. The molecule has 0 aromatic rings. The lowest BCUT2D eigenvalue weighted by atomic mass is 9.92. The standard InChI is InChI=1S/C14H30N2O/c1-5-8-15-14-6-9-16(11-12(14)2)13(3)7-10-17-4/h12-15H,5-11H2,1-4H3. The summed E-state index contributed by atoms with van der Waals surface area (Å²) in [6.07, 6.45) is 3.67. The van der Waals surface area contributed by atoms with Crippen LogP contribution in [-0.2, 0) is 4.74 Å². The van der Waals surface area contributed by atoms with Crippen molar-refractivity contribution in [2.24, 2.45) is 5.92 Å². The minimum absolute atomic E-state index is 0.657. The molecule has 3 atom stereocenters. The summed E-state index contributed by atoms with van der Waals surface area (Å²) in [6.45, 7) is 11.4. The van der Waals surface area contributed by atoms with Crippen LogP contribution in [0.25, 0.3) is 0 Å². The van der Waals surface area contributed by atoms with E-state index in [0.717, 1.165) is 31.5 Å². The molecule has 1 rings (SSSR count). The van der Waals surface area contributed by atoms with Gasteiger partial charge in [0.2, 0.25) is 0 Å². The van der Waals surface area contributed by atoms with E-state index < -0.39 is 0 Å². The summed E-state index contributed by atoms with van der Waals surface area (Å²) >= 11 is 0. The van der Waals surface area contributed by atoms with Crippen LogP contribution >= 0.6 is 0 Å². The highest BCUT2D eigenvalue weighted by atomic mass is 16.5. The second kappa shape index (κ2) is 8.06. The van der Waals surface area contributed by atoms with Gasteiger partial charge in [-0.2, -0.15) is 0 Å². The first kappa shape index (κ1) is 14.9. The van der Waals surface area contributed by atoms with Crippen LogP contribution in [0.3, 0.4) is 0 Å². The van der Waals surface area contributed by atoms with Crippen molar-refractivity contribution >= 4 is 0 Å². The van der Waals surface area contributed by atoms with Gasteiger partial charge >= 0.3 is 0 Å². The molecule has 102 valence electrons. The Balaban J connectivity index is 2.30. The van der Waals surface area contributed by atoms with Crippen molar-refractivity contribution in [2.45, 2.75) is 52.1 Å². The predicted octanol–water partition coefficient (Wildman–Crippen LogP) is 2.12. The number of hydrogen-bond acceptors (Lipinski definition) is 3. The molecule has 0 bridgehead atoms. The van der Waals surface area contributed by atoms with E-state index in [0.29, 0.717) is 6.04 Å². The fourth-order valence-corrected chi connectivity index (χ4v) is 2.68. The van der Waals surface area contributed by atoms with E-state index in [2.05, 4.69) is 31.0 Å². The van der Waals surface area contributed by atoms with Gasteiger partial charge < -0.3 is 15.0 Å². The van der Waals surface area contributed by atoms with Crippen LogP contribution in [0.15, 0.2) is 0 Å². The molecule has 1 heterocycles. The van der Waals surface area contributed by atoms with Crippen LogP contribution < -0.4 is 5.32 Å². The predicted molar refractivity (Wildman–Crippen MR) is 73.4 cm³/mol. The number of nitrogens with zero attached hydrogens (tertiary/aromatic N) is 1. The first-order chi connectivity index (χ1) is 8.19. The maximum Gasteiger partial charge on any atom is 0.0477 e. The first-order valence-electron chi connectivity index (χ1n) is 7.15. The van der Waals surface area contributed by atoms with Gasteiger partial charge in [0, 0.05) is 32.3 Å². The van der Waals surface area contributed by atoms with Gasteiger partial charge in [0.1, 0.15) is 0 Å². The molecule has 3 nitrogen and oxygen atoms in total. The SMILES string of the molecule is CCCNC1CCN(C(C)CCOC)CC1C. The van der Waals surface area contributed by atoms with Crippen molar-refractivity contribution in [3.63, 3.8) is 0 Å². The lowest BCUT2D eigenvalue weighted by Crippen LogP contribution is -2.51. The van der Waals surface area contributed by atoms with Crippen LogP contribution in [0.4, 0.5) is 0 Å². The third-order valence-corrected chi connectivity index (χ3v) is 3.96. The monoisotopic (exact) mass is 242 g/mol. The molecule has 1 N–H and O–H groups in total. The summed E-state index contributed by atoms with van der Waals surface area (Å²) in [5, 5.41) is 3.67. The molecule has 0 aliphatic carbocycles. The largest absolute Gasteiger partial charge is 0.385 e. The topological polar surface area (TPSA) is 24.5 Å². The van der Waals surface area contributed by atoms with Crippen LogP contribution in [0.5, 0.6) is 0 Å². The lowest BCUT2D eigenvalue weighted by Gasteiger charge is -2.40. The van der Waals surface area contributed by atoms with Crippen LogP contribution in [0.1, 0.15) is 40.0 Å². The van der Waals surface area contributed by atoms with Gasteiger partial charge in [-0.25, -0.2) is 0 Å². The van der Waals surface area contributed by atoms with Gasteiger partial charge in [0.15, 0.2) is 0 Å². The second-order valence-electron chi connectivity index (χ2n) is 5.45. The minimum Gasteiger partial charge on any atom is -0.385 e. The summed E-state index contributed by atoms with van der Waals surface area (Å²) in [6, 6.07) is 1.38. The van der Waals surface area contributed by atoms with Gasteiger partial charge in [0.25, 0.3) is 0 Å². The fourth-order valence-electron chi connectivity index (χ4n) is 2.68. The van der Waals surface area contributed by atoms with E-state index >= 15 is 0 Å². The molecule has 0 aromatic carbocycles. The van der Waals surface area contributed by atoms with Crippen molar-refractivity contribution < 1.29 is 4.74 Å². The average Bonchev–Trinajstić information content (AvgIpc) is 2.34. The van der Waals surface area contributed by atoms with Crippen molar-refractivity contribution in [1.29, 1.82) is 0 Å². The highest BCUT2D eigenvalue weighted by Crippen LogP contribution is 2.19. The Labute approximate surface area is 107 Å². The molecule has 0 spiro atoms. The smallest absolute Gasteiger partial charge is 0.0477 e. The van der Waals surface area contributed by atoms with Crippen LogP contribution in [0.2, 0.25) is 0 Å². The normalized spacial score (nSPS) is 28.2. The van der Waals surface area contributed by atoms with Gasteiger partial charge in [-0.15, -0.1) is 0 Å². The molecule has 1 fully saturated rings. The molecule has 0 amide bonds. The fraction of sp³-hybridized carbons (Fsp3) is 1.00. The zero-order valence-corrected chi connectivity index (χ0v) is 12.0. The van der Waals surface area contributed by atoms with E-state index in [1.54, 1.807) is 7.11 Å². The average molecular weight is 242 g/mol. The second-order valence-corrected chi connectivity index (χ2v) is 5.45. The van der Waals surface area contributed by atoms with E-state index in [4.69, 9.17) is 4.74 Å². The number of ether oxygens (including phenoxy) is 1. The molecule has 17 heavy (non-hydrogen) atoms. The number of hydrogen-bond donors (Lipinski definition) is 1. The van der Waals surface area contributed by atoms with E-state index in [1.807, 2.05) is 0 Å². The first-order valence-corrected chi connectivity index (χ1v) is 7.15. The van der Waals surface area contributed by atoms with Crippen molar-refractivity contribution in [1.82, 2.24) is 10.2 Å². The highest BCUT2D eigenvalue weighted by Gasteiger charge is 2.27. The van der Waals surface area contributed by atoms with Crippen molar-refractivity contribution in [3.8, 4) is 0 Å². The number of nitrogens with one attached hydrogen (secondary N) is 1. The minimum atomic E-state index is 0.657. The van der Waals surface area contributed by atoms with Crippen molar-refractivity contribution in [2.75, 3.05) is 33.4 Å². The van der Waals surface area contributed by atoms with Crippen LogP contribution in [0, 0.1) is 5.92 Å². The van der Waals surface area contributed by atoms with E-state index in [-0.39, 0.29) is 0 Å². The quantitative estimate of drug-likeness (QED) is 0.740. The Morgan fingerprint density at radius 2 is 2.24 bits per heavy atom. The van der Waals surface area contributed by atoms with Crippen molar-refractivity contribution in [3.05, 3.63) is 0 Å². The zero-order chi connectivity index (χ0) is 12.7. The maximum atomic E-state index is 5.17. The lowest BCUT2D eigenvalue weighted by molar-refractivity contribution is 0.0873. The molecular formula is C14H30N2O. The number of rotatable bonds is 7. The van der Waals surface area contributed by atoms with Gasteiger partial charge in [-0.1, -0.05) is 13.8 Å². The third kappa shape index (κ3) is 4.94. The summed E-state index contributed by atoms with van der Waals surface area (Å²) < 4.78 is 5.17. The molecule has 0 aromatic heterocycles. The number of piperidine rings is 1. The van der Waals surface area contributed by atoms with Gasteiger partial charge in [0.05, 0.1) is 0 Å². The zero-order valence-electron chi connectivity index (χ0n) is 12.0. The molecular weight excluding hydrogens is 212 g/mol. The Hall–Kier alpha value is -0.120. The number of methoxy groups -OCH3 is 1. The Kier molecular flexibility index (Phi) is 7.09. The molecule has 3 unspecified atom stereocenters. The maximum absolute atomic E-state index is 5.17. The molecule has 1 aliphatic rings. The summed E-state index contributed by atoms with van der Waals surface area (Å²) in [7, 11) is 1.79.